The molecule has 0 bridgehead atoms. The van der Waals surface area contributed by atoms with E-state index in [4.69, 9.17) is 0 Å². The van der Waals surface area contributed by atoms with Gasteiger partial charge in [-0.05, 0) is 156 Å². The monoisotopic (exact) mass is 855 g/mol. The van der Waals surface area contributed by atoms with Gasteiger partial charge in [-0.2, -0.15) is 0 Å². The van der Waals surface area contributed by atoms with E-state index in [0.717, 1.165) is 32.1 Å². The predicted molar refractivity (Wildman–Crippen MR) is 287 cm³/mol. The molecule has 4 heteroatoms. The summed E-state index contributed by atoms with van der Waals surface area (Å²) in [6.07, 6.45) is 5.41. The van der Waals surface area contributed by atoms with Crippen LogP contribution in [-0.2, 0) is 27.1 Å². The van der Waals surface area contributed by atoms with Gasteiger partial charge in [0.25, 0.3) is 6.71 Å². The molecule has 0 spiro atoms. The van der Waals surface area contributed by atoms with Crippen molar-refractivity contribution in [2.24, 2.45) is 0 Å². The first-order valence-corrected chi connectivity index (χ1v) is 25.2. The van der Waals surface area contributed by atoms with Gasteiger partial charge in [-0.25, -0.2) is 0 Å². The summed E-state index contributed by atoms with van der Waals surface area (Å²) in [5.41, 5.74) is 26.7. The molecular formula is C61H72B2N2. The molecule has 4 aliphatic heterocycles. The van der Waals surface area contributed by atoms with Crippen molar-refractivity contribution in [2.75, 3.05) is 9.71 Å². The van der Waals surface area contributed by atoms with Gasteiger partial charge >= 0.3 is 6.85 Å². The van der Waals surface area contributed by atoms with Crippen molar-refractivity contribution in [3.63, 3.8) is 0 Å². The van der Waals surface area contributed by atoms with Gasteiger partial charge in [0, 0.05) is 39.6 Å². The lowest BCUT2D eigenvalue weighted by atomic mass is 9.30. The zero-order chi connectivity index (χ0) is 46.3. The van der Waals surface area contributed by atoms with Gasteiger partial charge in [0.15, 0.2) is 0 Å². The second-order valence-corrected chi connectivity index (χ2v) is 23.5. The fraction of sp³-hybridized carbons (Fsp3) is 0.410. The van der Waals surface area contributed by atoms with Crippen LogP contribution in [0.5, 0.6) is 0 Å². The van der Waals surface area contributed by atoms with Crippen LogP contribution in [0.4, 0.5) is 28.4 Å². The van der Waals surface area contributed by atoms with E-state index in [0.29, 0.717) is 0 Å². The molecule has 332 valence electrons. The Bertz CT molecular complexity index is 2910. The molecule has 0 N–H and O–H groups in total. The predicted octanol–water partition coefficient (Wildman–Crippen LogP) is 13.6. The average molecular weight is 855 g/mol. The molecule has 0 aliphatic carbocycles. The number of nitrogens with zero attached hydrogens (tertiary/aromatic N) is 2. The zero-order valence-electron chi connectivity index (χ0n) is 42.4. The Hall–Kier alpha value is -4.95. The quantitative estimate of drug-likeness (QED) is 0.120. The molecule has 0 amide bonds. The Morgan fingerprint density at radius 1 is 0.369 bits per heavy atom. The maximum absolute atomic E-state index is 2.87. The van der Waals surface area contributed by atoms with Crippen LogP contribution < -0.4 is 37.0 Å². The van der Waals surface area contributed by atoms with Crippen molar-refractivity contribution < 1.29 is 0 Å². The summed E-state index contributed by atoms with van der Waals surface area (Å²) < 4.78 is 0. The molecule has 4 aliphatic rings. The Morgan fingerprint density at radius 3 is 1.32 bits per heavy atom. The van der Waals surface area contributed by atoms with E-state index < -0.39 is 0 Å². The van der Waals surface area contributed by atoms with E-state index in [1.54, 1.807) is 0 Å². The van der Waals surface area contributed by atoms with E-state index in [2.05, 4.69) is 217 Å². The third kappa shape index (κ3) is 6.34. The first-order valence-electron chi connectivity index (χ1n) is 25.2. The van der Waals surface area contributed by atoms with Crippen molar-refractivity contribution in [3.8, 4) is 22.3 Å². The highest BCUT2D eigenvalue weighted by Crippen LogP contribution is 2.52. The number of rotatable bonds is 11. The van der Waals surface area contributed by atoms with Crippen LogP contribution >= 0.6 is 0 Å². The second kappa shape index (κ2) is 14.8. The molecule has 0 fully saturated rings. The number of benzene rings is 6. The van der Waals surface area contributed by atoms with Gasteiger partial charge < -0.3 is 9.71 Å². The Balaban J connectivity index is 1.37. The number of anilines is 5. The first kappa shape index (κ1) is 43.9. The van der Waals surface area contributed by atoms with Gasteiger partial charge in [0.05, 0.1) is 0 Å². The SMILES string of the molecule is CCC(C)(C)c1ccc(N2c3ccc(C(C)(C)CC)cc3B3c4cc(C(C)(C)CC)cc5c4N4B(c6cc(C(C)(C)CC)ccc6-5)c5cc(C(C)(C)CC)ccc5-c5ccc2c3c54)cc1. The first-order chi connectivity index (χ1) is 30.7. The van der Waals surface area contributed by atoms with E-state index in [1.165, 1.54) is 106 Å². The molecule has 6 aromatic rings. The van der Waals surface area contributed by atoms with E-state index in [1.807, 2.05) is 0 Å². The topological polar surface area (TPSA) is 6.48 Å². The highest BCUT2D eigenvalue weighted by Gasteiger charge is 2.53. The third-order valence-corrected chi connectivity index (χ3v) is 18.2. The van der Waals surface area contributed by atoms with Gasteiger partial charge in [0.1, 0.15) is 0 Å². The van der Waals surface area contributed by atoms with E-state index in [9.17, 15) is 0 Å². The fourth-order valence-electron chi connectivity index (χ4n) is 11.4. The molecule has 10 rings (SSSR count). The fourth-order valence-corrected chi connectivity index (χ4v) is 11.4. The van der Waals surface area contributed by atoms with Crippen molar-refractivity contribution in [3.05, 3.63) is 131 Å². The largest absolute Gasteiger partial charge is 0.377 e. The molecule has 0 atom stereocenters. The summed E-state index contributed by atoms with van der Waals surface area (Å²) >= 11 is 0. The molecule has 0 saturated carbocycles. The van der Waals surface area contributed by atoms with Crippen LogP contribution in [0.3, 0.4) is 0 Å². The van der Waals surface area contributed by atoms with Gasteiger partial charge in [0.2, 0.25) is 0 Å². The molecule has 2 nitrogen and oxygen atoms in total. The lowest BCUT2D eigenvalue weighted by Gasteiger charge is -2.52. The van der Waals surface area contributed by atoms with Gasteiger partial charge in [-0.3, -0.25) is 0 Å². The van der Waals surface area contributed by atoms with Crippen LogP contribution in [0, 0.1) is 0 Å². The Morgan fingerprint density at radius 2 is 0.785 bits per heavy atom. The normalized spacial score (nSPS) is 14.9. The van der Waals surface area contributed by atoms with Crippen LogP contribution in [0.15, 0.2) is 103 Å². The van der Waals surface area contributed by atoms with E-state index in [-0.39, 0.29) is 40.6 Å². The Labute approximate surface area is 393 Å². The summed E-state index contributed by atoms with van der Waals surface area (Å²) in [5.74, 6) is 0. The lowest BCUT2D eigenvalue weighted by molar-refractivity contribution is 0.506. The Kier molecular flexibility index (Phi) is 9.98. The minimum atomic E-state index is -0.00360. The van der Waals surface area contributed by atoms with Crippen LogP contribution in [-0.4, -0.2) is 13.6 Å². The summed E-state index contributed by atoms with van der Waals surface area (Å²) in [5, 5.41) is 0. The molecule has 0 unspecified atom stereocenters. The van der Waals surface area contributed by atoms with Crippen molar-refractivity contribution >= 4 is 69.3 Å². The second-order valence-electron chi connectivity index (χ2n) is 23.5. The minimum Gasteiger partial charge on any atom is -0.377 e. The molecule has 0 radical (unpaired) electrons. The van der Waals surface area contributed by atoms with Gasteiger partial charge in [-0.1, -0.05) is 177 Å². The summed E-state index contributed by atoms with van der Waals surface area (Å²) in [4.78, 5) is 5.49. The van der Waals surface area contributed by atoms with Crippen LogP contribution in [0.2, 0.25) is 0 Å². The lowest BCUT2D eigenvalue weighted by Crippen LogP contribution is -2.69. The van der Waals surface area contributed by atoms with Crippen molar-refractivity contribution in [2.45, 2.75) is 163 Å². The van der Waals surface area contributed by atoms with Crippen LogP contribution in [0.1, 0.15) is 164 Å². The molecule has 0 saturated heterocycles. The standard InChI is InChI=1S/C61H72B2N2/c1-16-57(6,7)38-21-26-43(27-22-38)64-52-31-25-41(60(12,13)19-4)36-50(52)62-51-37-42(61(14,15)20-5)33-47-45-29-24-40(59(10,11)18-3)35-49(45)63-48-34-39(58(8,9)17-2)23-28-44(48)46-30-32-53(64)54(62)56(46)65(63)55(47)51/h21-37H,16-20H2,1-15H3. The molecule has 65 heavy (non-hydrogen) atoms. The number of hydrogen-bond acceptors (Lipinski definition) is 2. The van der Waals surface area contributed by atoms with Crippen molar-refractivity contribution in [1.29, 1.82) is 0 Å². The number of hydrogen-bond donors (Lipinski definition) is 0. The summed E-state index contributed by atoms with van der Waals surface area (Å²) in [6.45, 7) is 36.0. The zero-order valence-corrected chi connectivity index (χ0v) is 42.4. The molecular weight excluding hydrogens is 782 g/mol. The summed E-state index contributed by atoms with van der Waals surface area (Å²) in [7, 11) is 0. The smallest absolute Gasteiger partial charge is 0.329 e. The minimum absolute atomic E-state index is 0.00360. The number of fused-ring (bicyclic) bond motifs is 9. The van der Waals surface area contributed by atoms with Crippen LogP contribution in [0.25, 0.3) is 22.3 Å². The maximum atomic E-state index is 2.87. The molecule has 0 aromatic heterocycles. The van der Waals surface area contributed by atoms with Gasteiger partial charge in [-0.15, -0.1) is 0 Å². The third-order valence-electron chi connectivity index (χ3n) is 18.2. The molecule has 6 aromatic carbocycles. The average Bonchev–Trinajstić information content (AvgIpc) is 3.31. The highest BCUT2D eigenvalue weighted by atomic mass is 15.2. The molecule has 4 heterocycles. The van der Waals surface area contributed by atoms with Crippen molar-refractivity contribution in [1.82, 2.24) is 0 Å². The highest BCUT2D eigenvalue weighted by molar-refractivity contribution is 7.03. The summed E-state index contributed by atoms with van der Waals surface area (Å²) in [6, 6.07) is 42.5. The maximum Gasteiger partial charge on any atom is 0.329 e. The van der Waals surface area contributed by atoms with E-state index >= 15 is 0 Å².